The molecule has 1 heterocycles. The van der Waals surface area contributed by atoms with E-state index in [1.165, 1.54) is 29.8 Å². The second kappa shape index (κ2) is 9.33. The molecule has 0 saturated heterocycles. The summed E-state index contributed by atoms with van der Waals surface area (Å²) >= 11 is 0. The van der Waals surface area contributed by atoms with Crippen LogP contribution >= 0.6 is 0 Å². The van der Waals surface area contributed by atoms with E-state index in [1.807, 2.05) is 36.4 Å². The maximum Gasteiger partial charge on any atom is 0.123 e. The average molecular weight is 405 g/mol. The molecule has 4 heteroatoms. The molecule has 154 valence electrons. The van der Waals surface area contributed by atoms with Crippen LogP contribution in [0.1, 0.15) is 30.1 Å². The molecule has 0 radical (unpaired) electrons. The highest BCUT2D eigenvalue weighted by Crippen LogP contribution is 2.26. The van der Waals surface area contributed by atoms with Gasteiger partial charge in [0.1, 0.15) is 11.6 Å². The first-order valence-corrected chi connectivity index (χ1v) is 10.3. The molecule has 1 aliphatic rings. The van der Waals surface area contributed by atoms with Crippen LogP contribution in [0.15, 0.2) is 78.9 Å². The van der Waals surface area contributed by atoms with E-state index < -0.39 is 6.10 Å². The van der Waals surface area contributed by atoms with Gasteiger partial charge in [-0.15, -0.1) is 0 Å². The normalized spacial score (nSPS) is 15.6. The van der Waals surface area contributed by atoms with Gasteiger partial charge in [-0.2, -0.15) is 0 Å². The molecule has 1 aliphatic heterocycles. The lowest BCUT2D eigenvalue weighted by atomic mass is 9.98. The molecule has 3 aromatic carbocycles. The lowest BCUT2D eigenvalue weighted by Gasteiger charge is -2.27. The number of halogens is 2. The summed E-state index contributed by atoms with van der Waals surface area (Å²) in [5.74, 6) is -0.459. The maximum absolute atomic E-state index is 13.1. The van der Waals surface area contributed by atoms with Gasteiger partial charge in [-0.05, 0) is 64.9 Å². The topological polar surface area (TPSA) is 23.5 Å². The fourth-order valence-corrected chi connectivity index (χ4v) is 3.85. The Morgan fingerprint density at radius 1 is 0.767 bits per heavy atom. The molecule has 0 aliphatic carbocycles. The third-order valence-electron chi connectivity index (χ3n) is 5.70. The molecular weight excluding hydrogens is 380 g/mol. The van der Waals surface area contributed by atoms with E-state index in [-0.39, 0.29) is 11.6 Å². The van der Waals surface area contributed by atoms with E-state index in [2.05, 4.69) is 11.0 Å². The molecule has 2 nitrogen and oxygen atoms in total. The third kappa shape index (κ3) is 5.02. The summed E-state index contributed by atoms with van der Waals surface area (Å²) in [4.78, 5) is 2.32. The Labute approximate surface area is 176 Å². The number of benzene rings is 3. The Hall–Kier alpha value is -2.82. The summed E-state index contributed by atoms with van der Waals surface area (Å²) in [6.07, 6.45) is 3.26. The lowest BCUT2D eigenvalue weighted by molar-refractivity contribution is 0.145. The molecule has 1 N–H and O–H groups in total. The molecule has 0 amide bonds. The summed E-state index contributed by atoms with van der Waals surface area (Å²) in [6, 6.07) is 20.9. The van der Waals surface area contributed by atoms with Crippen LogP contribution < -0.4 is 0 Å². The van der Waals surface area contributed by atoms with Crippen molar-refractivity contribution in [2.75, 3.05) is 19.6 Å². The zero-order valence-corrected chi connectivity index (χ0v) is 16.8. The monoisotopic (exact) mass is 405 g/mol. The van der Waals surface area contributed by atoms with E-state index in [9.17, 15) is 13.9 Å². The van der Waals surface area contributed by atoms with Gasteiger partial charge in [-0.3, -0.25) is 4.90 Å². The van der Waals surface area contributed by atoms with Crippen LogP contribution in [0.25, 0.3) is 16.7 Å². The maximum atomic E-state index is 13.1. The van der Waals surface area contributed by atoms with Gasteiger partial charge in [0.25, 0.3) is 0 Å². The van der Waals surface area contributed by atoms with Crippen LogP contribution in [-0.4, -0.2) is 29.6 Å². The predicted molar refractivity (Wildman–Crippen MR) is 117 cm³/mol. The molecule has 30 heavy (non-hydrogen) atoms. The van der Waals surface area contributed by atoms with Crippen LogP contribution in [0, 0.1) is 11.6 Å². The second-order valence-electron chi connectivity index (χ2n) is 7.72. The number of aliphatic hydroxyl groups is 1. The fourth-order valence-electron chi connectivity index (χ4n) is 3.85. The van der Waals surface area contributed by atoms with Gasteiger partial charge in [-0.1, -0.05) is 54.6 Å². The summed E-state index contributed by atoms with van der Waals surface area (Å²) in [7, 11) is 0. The van der Waals surface area contributed by atoms with Crippen molar-refractivity contribution in [2.24, 2.45) is 0 Å². The highest BCUT2D eigenvalue weighted by Gasteiger charge is 2.15. The van der Waals surface area contributed by atoms with E-state index in [4.69, 9.17) is 0 Å². The van der Waals surface area contributed by atoms with E-state index in [0.717, 1.165) is 48.3 Å². The first-order chi connectivity index (χ1) is 14.6. The highest BCUT2D eigenvalue weighted by molar-refractivity contribution is 5.66. The molecular formula is C26H25F2NO. The van der Waals surface area contributed by atoms with Crippen molar-refractivity contribution in [1.29, 1.82) is 0 Å². The molecule has 0 bridgehead atoms. The number of rotatable bonds is 6. The van der Waals surface area contributed by atoms with Crippen molar-refractivity contribution in [3.05, 3.63) is 102 Å². The van der Waals surface area contributed by atoms with Gasteiger partial charge < -0.3 is 5.11 Å². The van der Waals surface area contributed by atoms with Gasteiger partial charge in [0, 0.05) is 19.6 Å². The molecule has 3 aromatic rings. The summed E-state index contributed by atoms with van der Waals surface area (Å²) in [6.45, 7) is 2.58. The molecule has 0 fully saturated rings. The van der Waals surface area contributed by atoms with Crippen LogP contribution in [-0.2, 0) is 0 Å². The quantitative estimate of drug-likeness (QED) is 0.557. The second-order valence-corrected chi connectivity index (χ2v) is 7.72. The summed E-state index contributed by atoms with van der Waals surface area (Å²) in [5, 5.41) is 10.6. The number of hydrogen-bond acceptors (Lipinski definition) is 2. The molecule has 0 saturated carbocycles. The van der Waals surface area contributed by atoms with Crippen molar-refractivity contribution in [1.82, 2.24) is 4.90 Å². The number of hydrogen-bond donors (Lipinski definition) is 1. The minimum Gasteiger partial charge on any atom is -0.388 e. The smallest absolute Gasteiger partial charge is 0.123 e. The van der Waals surface area contributed by atoms with E-state index in [0.29, 0.717) is 6.42 Å². The SMILES string of the molecule is OC(CCN1CC=C(c2ccc(F)cc2)CC1)c1ccc(-c2ccc(F)cc2)cc1. The van der Waals surface area contributed by atoms with Crippen LogP contribution in [0.5, 0.6) is 0 Å². The van der Waals surface area contributed by atoms with Crippen molar-refractivity contribution >= 4 is 5.57 Å². The first kappa shape index (κ1) is 20.5. The summed E-state index contributed by atoms with van der Waals surface area (Å²) in [5.41, 5.74) is 5.18. The van der Waals surface area contributed by atoms with Crippen molar-refractivity contribution in [2.45, 2.75) is 18.9 Å². The lowest BCUT2D eigenvalue weighted by Crippen LogP contribution is -2.30. The van der Waals surface area contributed by atoms with Crippen molar-refractivity contribution in [3.63, 3.8) is 0 Å². The standard InChI is InChI=1S/C26H25F2NO/c27-24-9-5-20(6-10-24)19-1-3-23(4-2-19)26(30)15-18-29-16-13-22(14-17-29)21-7-11-25(28)12-8-21/h1-13,26,30H,14-18H2. The Balaban J connectivity index is 1.30. The van der Waals surface area contributed by atoms with Crippen molar-refractivity contribution < 1.29 is 13.9 Å². The Kier molecular flexibility index (Phi) is 6.36. The molecule has 0 spiro atoms. The van der Waals surface area contributed by atoms with Crippen LogP contribution in [0.2, 0.25) is 0 Å². The van der Waals surface area contributed by atoms with E-state index in [1.54, 1.807) is 12.1 Å². The summed E-state index contributed by atoms with van der Waals surface area (Å²) < 4.78 is 26.2. The molecule has 0 aromatic heterocycles. The molecule has 1 unspecified atom stereocenters. The van der Waals surface area contributed by atoms with Gasteiger partial charge in [0.2, 0.25) is 0 Å². The van der Waals surface area contributed by atoms with Crippen LogP contribution in [0.3, 0.4) is 0 Å². The highest BCUT2D eigenvalue weighted by atomic mass is 19.1. The zero-order chi connectivity index (χ0) is 20.9. The van der Waals surface area contributed by atoms with Gasteiger partial charge in [-0.25, -0.2) is 8.78 Å². The first-order valence-electron chi connectivity index (χ1n) is 10.3. The number of nitrogens with zero attached hydrogens (tertiary/aromatic N) is 1. The Morgan fingerprint density at radius 3 is 1.83 bits per heavy atom. The predicted octanol–water partition coefficient (Wildman–Crippen LogP) is 5.84. The molecule has 1 atom stereocenters. The minimum atomic E-state index is -0.519. The number of aliphatic hydroxyl groups excluding tert-OH is 1. The van der Waals surface area contributed by atoms with Gasteiger partial charge in [0.15, 0.2) is 0 Å². The van der Waals surface area contributed by atoms with Gasteiger partial charge >= 0.3 is 0 Å². The van der Waals surface area contributed by atoms with E-state index >= 15 is 0 Å². The average Bonchev–Trinajstić information content (AvgIpc) is 2.79. The zero-order valence-electron chi connectivity index (χ0n) is 16.8. The van der Waals surface area contributed by atoms with Crippen LogP contribution in [0.4, 0.5) is 8.78 Å². The largest absolute Gasteiger partial charge is 0.388 e. The Bertz CT molecular complexity index is 995. The minimum absolute atomic E-state index is 0.212. The van der Waals surface area contributed by atoms with Gasteiger partial charge in [0.05, 0.1) is 6.10 Å². The molecule has 4 rings (SSSR count). The Morgan fingerprint density at radius 2 is 1.30 bits per heavy atom. The third-order valence-corrected chi connectivity index (χ3v) is 5.70. The van der Waals surface area contributed by atoms with Crippen molar-refractivity contribution in [3.8, 4) is 11.1 Å². The fraction of sp³-hybridized carbons (Fsp3) is 0.231.